The number of nitrogens with one attached hydrogen (secondary N) is 2. The molecule has 2 N–H and O–H groups in total. The number of halogens is 4. The van der Waals surface area contributed by atoms with Gasteiger partial charge in [0.05, 0.1) is 16.3 Å². The monoisotopic (exact) mass is 532 g/mol. The molecule has 0 saturated carbocycles. The van der Waals surface area contributed by atoms with Crippen LogP contribution in [0.2, 0.25) is 5.02 Å². The van der Waals surface area contributed by atoms with E-state index in [0.29, 0.717) is 11.3 Å². The quantitative estimate of drug-likeness (QED) is 0.310. The molecule has 0 saturated heterocycles. The number of ether oxygens (including phenoxy) is 1. The fourth-order valence-electron chi connectivity index (χ4n) is 3.72. The summed E-state index contributed by atoms with van der Waals surface area (Å²) in [5, 5.41) is 5.33. The van der Waals surface area contributed by atoms with E-state index >= 15 is 0 Å². The Labute approximate surface area is 219 Å². The van der Waals surface area contributed by atoms with Crippen molar-refractivity contribution < 1.29 is 27.5 Å². The van der Waals surface area contributed by atoms with Gasteiger partial charge in [-0.15, -0.1) is 0 Å². The molecule has 2 amide bonds. The highest BCUT2D eigenvalue weighted by Crippen LogP contribution is 2.34. The number of amides is 2. The van der Waals surface area contributed by atoms with Crippen LogP contribution in [0.5, 0.6) is 5.75 Å². The van der Waals surface area contributed by atoms with Crippen molar-refractivity contribution in [1.82, 2.24) is 0 Å². The summed E-state index contributed by atoms with van der Waals surface area (Å²) in [7, 11) is 0. The van der Waals surface area contributed by atoms with E-state index in [1.54, 1.807) is 12.1 Å². The van der Waals surface area contributed by atoms with Gasteiger partial charge in [-0.05, 0) is 65.4 Å². The maximum Gasteiger partial charge on any atom is 0.416 e. The van der Waals surface area contributed by atoms with Gasteiger partial charge in [0.15, 0.2) is 6.61 Å². The molecule has 3 aromatic carbocycles. The van der Waals surface area contributed by atoms with Gasteiger partial charge in [-0.2, -0.15) is 13.2 Å². The normalized spacial score (nSPS) is 11.5. The van der Waals surface area contributed by atoms with Crippen molar-refractivity contribution in [1.29, 1.82) is 0 Å². The lowest BCUT2D eigenvalue weighted by molar-refractivity contribution is -0.137. The molecule has 0 fully saturated rings. The Bertz CT molecular complexity index is 1250. The maximum atomic E-state index is 13.0. The van der Waals surface area contributed by atoms with E-state index in [2.05, 4.69) is 38.3 Å². The molecule has 0 unspecified atom stereocenters. The third kappa shape index (κ3) is 7.26. The molecular formula is C28H28ClF3N2O3. The lowest BCUT2D eigenvalue weighted by Crippen LogP contribution is -2.21. The summed E-state index contributed by atoms with van der Waals surface area (Å²) in [6.45, 7) is 7.81. The zero-order chi connectivity index (χ0) is 27.3. The molecule has 3 rings (SSSR count). The third-order valence-electron chi connectivity index (χ3n) is 5.67. The summed E-state index contributed by atoms with van der Waals surface area (Å²) in [6.07, 6.45) is -4.57. The van der Waals surface area contributed by atoms with Crippen molar-refractivity contribution in [3.05, 3.63) is 87.9 Å². The van der Waals surface area contributed by atoms with E-state index in [4.69, 9.17) is 16.3 Å². The van der Waals surface area contributed by atoms with Gasteiger partial charge < -0.3 is 15.4 Å². The minimum absolute atomic E-state index is 0.0311. The second-order valence-electron chi connectivity index (χ2n) is 9.13. The first-order valence-corrected chi connectivity index (χ1v) is 12.1. The number of carbonyl (C=O) groups excluding carboxylic acids is 2. The molecule has 0 bridgehead atoms. The SMILES string of the molecule is CC(C)c1cccc(C(C)C)c1NC(=O)c1ccc(OCC(=O)Nc2cc(C(F)(F)F)ccc2Cl)cc1. The highest BCUT2D eigenvalue weighted by atomic mass is 35.5. The van der Waals surface area contributed by atoms with E-state index in [1.165, 1.54) is 12.1 Å². The minimum atomic E-state index is -4.57. The van der Waals surface area contributed by atoms with Crippen molar-refractivity contribution in [2.75, 3.05) is 17.2 Å². The summed E-state index contributed by atoms with van der Waals surface area (Å²) >= 11 is 5.91. The number of hydrogen-bond acceptors (Lipinski definition) is 3. The summed E-state index contributed by atoms with van der Waals surface area (Å²) < 4.78 is 44.2. The lowest BCUT2D eigenvalue weighted by atomic mass is 9.92. The molecule has 3 aromatic rings. The highest BCUT2D eigenvalue weighted by molar-refractivity contribution is 6.33. The predicted molar refractivity (Wildman–Crippen MR) is 140 cm³/mol. The first-order valence-electron chi connectivity index (χ1n) is 11.7. The van der Waals surface area contributed by atoms with Gasteiger partial charge >= 0.3 is 6.18 Å². The topological polar surface area (TPSA) is 67.4 Å². The number of alkyl halides is 3. The molecule has 5 nitrogen and oxygen atoms in total. The van der Waals surface area contributed by atoms with Gasteiger partial charge in [0.25, 0.3) is 11.8 Å². The fraction of sp³-hybridized carbons (Fsp3) is 0.286. The van der Waals surface area contributed by atoms with Crippen LogP contribution in [0, 0.1) is 0 Å². The average Bonchev–Trinajstić information content (AvgIpc) is 2.83. The minimum Gasteiger partial charge on any atom is -0.484 e. The van der Waals surface area contributed by atoms with Crippen molar-refractivity contribution in [2.45, 2.75) is 45.7 Å². The molecule has 0 heterocycles. The van der Waals surface area contributed by atoms with Crippen molar-refractivity contribution in [3.63, 3.8) is 0 Å². The van der Waals surface area contributed by atoms with Crippen LogP contribution in [0.1, 0.15) is 66.6 Å². The molecule has 0 aromatic heterocycles. The van der Waals surface area contributed by atoms with Crippen LogP contribution in [0.15, 0.2) is 60.7 Å². The number of rotatable bonds is 8. The van der Waals surface area contributed by atoms with Crippen molar-refractivity contribution in [3.8, 4) is 5.75 Å². The first-order chi connectivity index (χ1) is 17.4. The Balaban J connectivity index is 1.64. The smallest absolute Gasteiger partial charge is 0.416 e. The van der Waals surface area contributed by atoms with E-state index in [0.717, 1.165) is 35.0 Å². The highest BCUT2D eigenvalue weighted by Gasteiger charge is 2.31. The molecule has 0 radical (unpaired) electrons. The molecule has 0 atom stereocenters. The van der Waals surface area contributed by atoms with Crippen LogP contribution >= 0.6 is 11.6 Å². The second-order valence-corrected chi connectivity index (χ2v) is 9.54. The molecular weight excluding hydrogens is 505 g/mol. The van der Waals surface area contributed by atoms with Gasteiger partial charge in [-0.25, -0.2) is 0 Å². The van der Waals surface area contributed by atoms with Gasteiger partial charge in [0.2, 0.25) is 0 Å². The van der Waals surface area contributed by atoms with Crippen LogP contribution in [-0.2, 0) is 11.0 Å². The molecule has 0 aliphatic carbocycles. The Hall–Kier alpha value is -3.52. The van der Waals surface area contributed by atoms with E-state index in [1.807, 2.05) is 18.2 Å². The summed E-state index contributed by atoms with van der Waals surface area (Å²) in [6, 6.07) is 14.9. The summed E-state index contributed by atoms with van der Waals surface area (Å²) in [5.74, 6) is -0.205. The number of carbonyl (C=O) groups is 2. The van der Waals surface area contributed by atoms with Crippen LogP contribution in [0.25, 0.3) is 0 Å². The van der Waals surface area contributed by atoms with Gasteiger partial charge in [0, 0.05) is 11.3 Å². The average molecular weight is 533 g/mol. The van der Waals surface area contributed by atoms with Crippen LogP contribution in [-0.4, -0.2) is 18.4 Å². The number of anilines is 2. The Morgan fingerprint density at radius 1 is 0.892 bits per heavy atom. The number of benzene rings is 3. The number of hydrogen-bond donors (Lipinski definition) is 2. The zero-order valence-electron chi connectivity index (χ0n) is 20.9. The standard InChI is InChI=1S/C28H28ClF3N2O3/c1-16(2)21-6-5-7-22(17(3)4)26(21)34-27(36)18-8-11-20(12-9-18)37-15-25(35)33-24-14-19(28(30,31)32)10-13-23(24)29/h5-14,16-17H,15H2,1-4H3,(H,33,35)(H,34,36). The van der Waals surface area contributed by atoms with Crippen LogP contribution in [0.3, 0.4) is 0 Å². The molecule has 9 heteroatoms. The summed E-state index contributed by atoms with van der Waals surface area (Å²) in [4.78, 5) is 25.2. The molecule has 0 aliphatic heterocycles. The Morgan fingerprint density at radius 3 is 2.03 bits per heavy atom. The van der Waals surface area contributed by atoms with Crippen LogP contribution < -0.4 is 15.4 Å². The van der Waals surface area contributed by atoms with Gasteiger partial charge in [-0.1, -0.05) is 57.5 Å². The lowest BCUT2D eigenvalue weighted by Gasteiger charge is -2.20. The van der Waals surface area contributed by atoms with Gasteiger partial charge in [0.1, 0.15) is 5.75 Å². The van der Waals surface area contributed by atoms with E-state index in [9.17, 15) is 22.8 Å². The van der Waals surface area contributed by atoms with Gasteiger partial charge in [-0.3, -0.25) is 9.59 Å². The van der Waals surface area contributed by atoms with Crippen molar-refractivity contribution in [2.24, 2.45) is 0 Å². The molecule has 0 spiro atoms. The van der Waals surface area contributed by atoms with E-state index in [-0.39, 0.29) is 28.5 Å². The number of para-hydroxylation sites is 1. The first kappa shape index (κ1) is 28.1. The Kier molecular flexibility index (Phi) is 8.86. The Morgan fingerprint density at radius 2 is 1.49 bits per heavy atom. The second kappa shape index (κ2) is 11.7. The van der Waals surface area contributed by atoms with Crippen molar-refractivity contribution >= 4 is 34.8 Å². The molecule has 37 heavy (non-hydrogen) atoms. The maximum absolute atomic E-state index is 13.0. The predicted octanol–water partition coefficient (Wildman–Crippen LogP) is 7.88. The zero-order valence-corrected chi connectivity index (χ0v) is 21.6. The molecule has 0 aliphatic rings. The molecule has 196 valence electrons. The fourth-order valence-corrected chi connectivity index (χ4v) is 3.88. The third-order valence-corrected chi connectivity index (χ3v) is 6.00. The van der Waals surface area contributed by atoms with E-state index < -0.39 is 24.3 Å². The summed E-state index contributed by atoms with van der Waals surface area (Å²) in [5.41, 5.74) is 2.21. The largest absolute Gasteiger partial charge is 0.484 e. The van der Waals surface area contributed by atoms with Crippen LogP contribution in [0.4, 0.5) is 24.5 Å².